The Morgan fingerprint density at radius 2 is 2.17 bits per heavy atom. The molecule has 2 rings (SSSR count). The Morgan fingerprint density at radius 1 is 1.33 bits per heavy atom. The lowest BCUT2D eigenvalue weighted by atomic mass is 10.1. The van der Waals surface area contributed by atoms with Crippen LogP contribution in [0.4, 0.5) is 4.39 Å². The summed E-state index contributed by atoms with van der Waals surface area (Å²) in [6.45, 7) is 0.480. The van der Waals surface area contributed by atoms with Gasteiger partial charge in [0.25, 0.3) is 0 Å². The maximum Gasteiger partial charge on any atom is 0.129 e. The van der Waals surface area contributed by atoms with Crippen molar-refractivity contribution in [3.63, 3.8) is 0 Å². The Balaban J connectivity index is 1.95. The SMILES string of the molecule is NC(=S)c1ccc(COCc2ccco2)c(F)c1. The third-order valence-corrected chi connectivity index (χ3v) is 2.66. The zero-order valence-corrected chi connectivity index (χ0v) is 10.4. The van der Waals surface area contributed by atoms with Gasteiger partial charge in [0.1, 0.15) is 23.2 Å². The van der Waals surface area contributed by atoms with E-state index < -0.39 is 0 Å². The van der Waals surface area contributed by atoms with E-state index in [0.717, 1.165) is 0 Å². The largest absolute Gasteiger partial charge is 0.467 e. The summed E-state index contributed by atoms with van der Waals surface area (Å²) < 4.78 is 24.1. The predicted octanol–water partition coefficient (Wildman–Crippen LogP) is 2.77. The topological polar surface area (TPSA) is 48.4 Å². The van der Waals surface area contributed by atoms with Gasteiger partial charge in [0, 0.05) is 11.1 Å². The molecule has 3 nitrogen and oxygen atoms in total. The van der Waals surface area contributed by atoms with Gasteiger partial charge in [-0.3, -0.25) is 0 Å². The highest BCUT2D eigenvalue weighted by atomic mass is 32.1. The van der Waals surface area contributed by atoms with E-state index in [-0.39, 0.29) is 17.4 Å². The van der Waals surface area contributed by atoms with Crippen LogP contribution in [0.1, 0.15) is 16.9 Å². The van der Waals surface area contributed by atoms with Crippen molar-refractivity contribution in [1.29, 1.82) is 0 Å². The molecule has 1 aromatic heterocycles. The molecule has 2 aromatic rings. The molecular formula is C13H12FNO2S. The van der Waals surface area contributed by atoms with E-state index in [0.29, 0.717) is 23.5 Å². The Hall–Kier alpha value is -1.72. The summed E-state index contributed by atoms with van der Waals surface area (Å²) in [6, 6.07) is 8.18. The number of thiocarbonyl (C=S) groups is 1. The highest BCUT2D eigenvalue weighted by Gasteiger charge is 2.06. The van der Waals surface area contributed by atoms with Crippen molar-refractivity contribution < 1.29 is 13.5 Å². The molecule has 0 saturated heterocycles. The first-order valence-corrected chi connectivity index (χ1v) is 5.76. The average molecular weight is 265 g/mol. The third kappa shape index (κ3) is 3.15. The number of hydrogen-bond acceptors (Lipinski definition) is 3. The average Bonchev–Trinajstić information content (AvgIpc) is 2.84. The van der Waals surface area contributed by atoms with Gasteiger partial charge in [-0.25, -0.2) is 4.39 Å². The van der Waals surface area contributed by atoms with Crippen LogP contribution in [0.5, 0.6) is 0 Å². The first-order valence-electron chi connectivity index (χ1n) is 5.35. The second kappa shape index (κ2) is 5.75. The molecule has 0 unspecified atom stereocenters. The minimum absolute atomic E-state index is 0.171. The molecule has 0 aliphatic rings. The van der Waals surface area contributed by atoms with Crippen LogP contribution in [-0.4, -0.2) is 4.99 Å². The van der Waals surface area contributed by atoms with Crippen molar-refractivity contribution in [2.75, 3.05) is 0 Å². The zero-order valence-electron chi connectivity index (χ0n) is 9.56. The minimum atomic E-state index is -0.375. The lowest BCUT2D eigenvalue weighted by Crippen LogP contribution is -2.10. The highest BCUT2D eigenvalue weighted by molar-refractivity contribution is 7.80. The summed E-state index contributed by atoms with van der Waals surface area (Å²) >= 11 is 4.77. The summed E-state index contributed by atoms with van der Waals surface area (Å²) in [6.07, 6.45) is 1.57. The number of ether oxygens (including phenoxy) is 1. The van der Waals surface area contributed by atoms with Crippen LogP contribution in [0.15, 0.2) is 41.0 Å². The van der Waals surface area contributed by atoms with Gasteiger partial charge in [-0.1, -0.05) is 24.4 Å². The molecule has 0 atom stereocenters. The smallest absolute Gasteiger partial charge is 0.129 e. The third-order valence-electron chi connectivity index (χ3n) is 2.42. The number of rotatable bonds is 5. The fourth-order valence-corrected chi connectivity index (χ4v) is 1.60. The van der Waals surface area contributed by atoms with Crippen LogP contribution in [-0.2, 0) is 18.0 Å². The van der Waals surface area contributed by atoms with Gasteiger partial charge in [-0.15, -0.1) is 0 Å². The molecule has 2 N–H and O–H groups in total. The van der Waals surface area contributed by atoms with Crippen LogP contribution in [0.2, 0.25) is 0 Å². The van der Waals surface area contributed by atoms with Crippen molar-refractivity contribution >= 4 is 17.2 Å². The van der Waals surface area contributed by atoms with Gasteiger partial charge in [0.05, 0.1) is 12.9 Å². The fourth-order valence-electron chi connectivity index (χ4n) is 1.47. The van der Waals surface area contributed by atoms with E-state index >= 15 is 0 Å². The Bertz CT molecular complexity index is 540. The van der Waals surface area contributed by atoms with E-state index in [1.54, 1.807) is 30.5 Å². The zero-order chi connectivity index (χ0) is 13.0. The second-order valence-electron chi connectivity index (χ2n) is 3.74. The van der Waals surface area contributed by atoms with Crippen molar-refractivity contribution in [2.45, 2.75) is 13.2 Å². The van der Waals surface area contributed by atoms with E-state index in [4.69, 9.17) is 27.1 Å². The van der Waals surface area contributed by atoms with E-state index in [1.165, 1.54) is 6.07 Å². The Kier molecular flexibility index (Phi) is 4.07. The van der Waals surface area contributed by atoms with Crippen molar-refractivity contribution in [3.8, 4) is 0 Å². The fraction of sp³-hybridized carbons (Fsp3) is 0.154. The first kappa shape index (κ1) is 12.7. The Labute approximate surface area is 109 Å². The molecule has 18 heavy (non-hydrogen) atoms. The van der Waals surface area contributed by atoms with E-state index in [2.05, 4.69) is 0 Å². The molecule has 0 fully saturated rings. The minimum Gasteiger partial charge on any atom is -0.467 e. The number of halogens is 1. The lowest BCUT2D eigenvalue weighted by molar-refractivity contribution is 0.0909. The van der Waals surface area contributed by atoms with Crippen LogP contribution in [0, 0.1) is 5.82 Å². The quantitative estimate of drug-likeness (QED) is 0.844. The monoisotopic (exact) mass is 265 g/mol. The van der Waals surface area contributed by atoms with Gasteiger partial charge >= 0.3 is 0 Å². The maximum absolute atomic E-state index is 13.7. The van der Waals surface area contributed by atoms with Gasteiger partial charge in [-0.05, 0) is 18.2 Å². The highest BCUT2D eigenvalue weighted by Crippen LogP contribution is 2.13. The lowest BCUT2D eigenvalue weighted by Gasteiger charge is -2.06. The van der Waals surface area contributed by atoms with Gasteiger partial charge < -0.3 is 14.9 Å². The van der Waals surface area contributed by atoms with Gasteiger partial charge in [0.2, 0.25) is 0 Å². The number of hydrogen-bond donors (Lipinski definition) is 1. The summed E-state index contributed by atoms with van der Waals surface area (Å²) in [5, 5.41) is 0. The summed E-state index contributed by atoms with van der Waals surface area (Å²) in [5.41, 5.74) is 6.39. The molecule has 1 aromatic carbocycles. The first-order chi connectivity index (χ1) is 8.66. The number of furan rings is 1. The van der Waals surface area contributed by atoms with Crippen molar-refractivity contribution in [3.05, 3.63) is 59.3 Å². The van der Waals surface area contributed by atoms with Crippen LogP contribution in [0.3, 0.4) is 0 Å². The molecule has 0 aliphatic heterocycles. The Morgan fingerprint density at radius 3 is 2.78 bits per heavy atom. The van der Waals surface area contributed by atoms with Crippen LogP contribution in [0.25, 0.3) is 0 Å². The standard InChI is InChI=1S/C13H12FNO2S/c14-12-6-9(13(15)18)3-4-10(12)7-16-8-11-2-1-5-17-11/h1-6H,7-8H2,(H2,15,18). The molecule has 0 saturated carbocycles. The maximum atomic E-state index is 13.7. The summed E-state index contributed by atoms with van der Waals surface area (Å²) in [4.78, 5) is 0.178. The second-order valence-corrected chi connectivity index (χ2v) is 4.18. The molecule has 94 valence electrons. The molecule has 5 heteroatoms. The molecule has 0 aliphatic carbocycles. The number of benzene rings is 1. The van der Waals surface area contributed by atoms with E-state index in [9.17, 15) is 4.39 Å². The van der Waals surface area contributed by atoms with Gasteiger partial charge in [0.15, 0.2) is 0 Å². The van der Waals surface area contributed by atoms with Gasteiger partial charge in [-0.2, -0.15) is 0 Å². The normalized spacial score (nSPS) is 10.5. The molecule has 0 amide bonds. The summed E-state index contributed by atoms with van der Waals surface area (Å²) in [7, 11) is 0. The molecular weight excluding hydrogens is 253 g/mol. The molecule has 0 spiro atoms. The van der Waals surface area contributed by atoms with Crippen LogP contribution >= 0.6 is 12.2 Å². The van der Waals surface area contributed by atoms with Crippen molar-refractivity contribution in [1.82, 2.24) is 0 Å². The molecule has 0 bridgehead atoms. The van der Waals surface area contributed by atoms with Crippen molar-refractivity contribution in [2.24, 2.45) is 5.73 Å². The van der Waals surface area contributed by atoms with E-state index in [1.807, 2.05) is 0 Å². The summed E-state index contributed by atoms with van der Waals surface area (Å²) in [5.74, 6) is 0.329. The predicted molar refractivity (Wildman–Crippen MR) is 69.5 cm³/mol. The van der Waals surface area contributed by atoms with Crippen LogP contribution < -0.4 is 5.73 Å². The molecule has 0 radical (unpaired) electrons. The molecule has 1 heterocycles. The number of nitrogens with two attached hydrogens (primary N) is 1.